The smallest absolute Gasteiger partial charge is 0.305 e. The topological polar surface area (TPSA) is 26.3 Å². The molecule has 0 amide bonds. The average Bonchev–Trinajstić information content (AvgIpc) is 2.27. The highest BCUT2D eigenvalue weighted by molar-refractivity contribution is 5.69. The number of hydrogen-bond donors (Lipinski definition) is 0. The number of hydrogen-bond acceptors (Lipinski definition) is 2. The molecule has 0 atom stereocenters. The molecule has 0 aromatic heterocycles. The van der Waals surface area contributed by atoms with Gasteiger partial charge in [-0.3, -0.25) is 4.79 Å². The van der Waals surface area contributed by atoms with Crippen LogP contribution in [0.3, 0.4) is 0 Å². The Morgan fingerprint density at radius 1 is 1.00 bits per heavy atom. The Labute approximate surface area is 100 Å². The second-order valence-corrected chi connectivity index (χ2v) is 4.02. The van der Waals surface area contributed by atoms with Gasteiger partial charge in [0.2, 0.25) is 0 Å². The molecule has 2 heteroatoms. The van der Waals surface area contributed by atoms with Crippen LogP contribution in [0.4, 0.5) is 0 Å². The Bertz CT molecular complexity index is 185. The van der Waals surface area contributed by atoms with Crippen LogP contribution in [0.5, 0.6) is 0 Å². The minimum absolute atomic E-state index is 0.0607. The molecule has 0 aromatic carbocycles. The van der Waals surface area contributed by atoms with E-state index in [0.29, 0.717) is 13.0 Å². The van der Waals surface area contributed by atoms with Gasteiger partial charge >= 0.3 is 5.97 Å². The summed E-state index contributed by atoms with van der Waals surface area (Å²) in [5.74, 6) is -0.0607. The van der Waals surface area contributed by atoms with Gasteiger partial charge in [0.1, 0.15) is 0 Å². The van der Waals surface area contributed by atoms with Gasteiger partial charge in [0.15, 0.2) is 0 Å². The van der Waals surface area contributed by atoms with E-state index in [1.165, 1.54) is 25.7 Å². The van der Waals surface area contributed by atoms with E-state index in [-0.39, 0.29) is 5.97 Å². The molecule has 0 unspecified atom stereocenters. The van der Waals surface area contributed by atoms with Gasteiger partial charge in [0, 0.05) is 6.42 Å². The molecule has 0 saturated heterocycles. The summed E-state index contributed by atoms with van der Waals surface area (Å²) in [6.45, 7) is 4.56. The highest BCUT2D eigenvalue weighted by atomic mass is 16.5. The fraction of sp³-hybridized carbons (Fsp3) is 0.786. The van der Waals surface area contributed by atoms with Crippen molar-refractivity contribution in [2.45, 2.75) is 65.2 Å². The minimum atomic E-state index is -0.0607. The summed E-state index contributed by atoms with van der Waals surface area (Å²) < 4.78 is 4.86. The standard InChI is InChI=1S/C14H26O2/c1-3-5-6-7-8-9-10-11-12-13-14(15)16-4-2/h8-9H,3-7,10-13H2,1-2H3. The van der Waals surface area contributed by atoms with Gasteiger partial charge in [-0.05, 0) is 39.0 Å². The van der Waals surface area contributed by atoms with Gasteiger partial charge in [0.05, 0.1) is 6.61 Å². The average molecular weight is 226 g/mol. The van der Waals surface area contributed by atoms with Gasteiger partial charge in [0.25, 0.3) is 0 Å². The summed E-state index contributed by atoms with van der Waals surface area (Å²) in [4.78, 5) is 11.0. The van der Waals surface area contributed by atoms with E-state index in [2.05, 4.69) is 19.1 Å². The molecule has 0 bridgehead atoms. The van der Waals surface area contributed by atoms with E-state index < -0.39 is 0 Å². The maximum absolute atomic E-state index is 11.0. The van der Waals surface area contributed by atoms with Gasteiger partial charge in [-0.1, -0.05) is 31.9 Å². The number of carbonyl (C=O) groups excluding carboxylic acids is 1. The molecule has 0 aliphatic heterocycles. The van der Waals surface area contributed by atoms with E-state index in [4.69, 9.17) is 4.74 Å². The number of allylic oxidation sites excluding steroid dienone is 2. The Kier molecular flexibility index (Phi) is 11.7. The lowest BCUT2D eigenvalue weighted by Gasteiger charge is -1.99. The molecule has 0 saturated carbocycles. The quantitative estimate of drug-likeness (QED) is 0.316. The second-order valence-electron chi connectivity index (χ2n) is 4.02. The predicted octanol–water partition coefficient (Wildman–Crippen LogP) is 4.25. The van der Waals surface area contributed by atoms with Gasteiger partial charge in [-0.2, -0.15) is 0 Å². The highest BCUT2D eigenvalue weighted by Crippen LogP contribution is 2.04. The van der Waals surface area contributed by atoms with Crippen LogP contribution in [0, 0.1) is 0 Å². The summed E-state index contributed by atoms with van der Waals surface area (Å²) in [5.41, 5.74) is 0. The first-order valence-corrected chi connectivity index (χ1v) is 6.61. The summed E-state index contributed by atoms with van der Waals surface area (Å²) in [7, 11) is 0. The largest absolute Gasteiger partial charge is 0.466 e. The molecule has 94 valence electrons. The second kappa shape index (κ2) is 12.3. The van der Waals surface area contributed by atoms with Crippen molar-refractivity contribution in [3.05, 3.63) is 12.2 Å². The molecule has 0 aromatic rings. The lowest BCUT2D eigenvalue weighted by Crippen LogP contribution is -2.02. The summed E-state index contributed by atoms with van der Waals surface area (Å²) in [6, 6.07) is 0. The first-order valence-electron chi connectivity index (χ1n) is 6.61. The van der Waals surface area contributed by atoms with Crippen LogP contribution in [0.2, 0.25) is 0 Å². The van der Waals surface area contributed by atoms with Crippen LogP contribution < -0.4 is 0 Å². The SMILES string of the molecule is CCCCCC=CCCCCC(=O)OCC. The van der Waals surface area contributed by atoms with Crippen molar-refractivity contribution in [3.63, 3.8) is 0 Å². The zero-order valence-corrected chi connectivity index (χ0v) is 10.8. The first-order chi connectivity index (χ1) is 7.81. The maximum Gasteiger partial charge on any atom is 0.305 e. The van der Waals surface area contributed by atoms with Crippen molar-refractivity contribution in [2.75, 3.05) is 6.61 Å². The Hall–Kier alpha value is -0.790. The molecule has 0 heterocycles. The fourth-order valence-corrected chi connectivity index (χ4v) is 1.51. The molecule has 0 spiro atoms. The lowest BCUT2D eigenvalue weighted by molar-refractivity contribution is -0.143. The van der Waals surface area contributed by atoms with Crippen LogP contribution in [0.15, 0.2) is 12.2 Å². The van der Waals surface area contributed by atoms with Crippen molar-refractivity contribution >= 4 is 5.97 Å². The van der Waals surface area contributed by atoms with Crippen LogP contribution in [0.25, 0.3) is 0 Å². The molecule has 0 fully saturated rings. The summed E-state index contributed by atoms with van der Waals surface area (Å²) in [5, 5.41) is 0. The summed E-state index contributed by atoms with van der Waals surface area (Å²) in [6.07, 6.45) is 13.3. The van der Waals surface area contributed by atoms with E-state index >= 15 is 0 Å². The number of rotatable bonds is 10. The number of ether oxygens (including phenoxy) is 1. The minimum Gasteiger partial charge on any atom is -0.466 e. The van der Waals surface area contributed by atoms with Crippen LogP contribution in [0.1, 0.15) is 65.2 Å². The molecule has 16 heavy (non-hydrogen) atoms. The fourth-order valence-electron chi connectivity index (χ4n) is 1.51. The van der Waals surface area contributed by atoms with Crippen LogP contribution in [-0.2, 0) is 9.53 Å². The number of unbranched alkanes of at least 4 members (excludes halogenated alkanes) is 5. The molecular formula is C14H26O2. The third-order valence-corrected chi connectivity index (χ3v) is 2.45. The molecule has 0 aliphatic carbocycles. The lowest BCUT2D eigenvalue weighted by atomic mass is 10.1. The molecule has 0 N–H and O–H groups in total. The van der Waals surface area contributed by atoms with Crippen molar-refractivity contribution < 1.29 is 9.53 Å². The van der Waals surface area contributed by atoms with Crippen molar-refractivity contribution in [3.8, 4) is 0 Å². The van der Waals surface area contributed by atoms with E-state index in [0.717, 1.165) is 19.3 Å². The zero-order chi connectivity index (χ0) is 12.1. The summed E-state index contributed by atoms with van der Waals surface area (Å²) >= 11 is 0. The van der Waals surface area contributed by atoms with Gasteiger partial charge < -0.3 is 4.74 Å². The van der Waals surface area contributed by atoms with Crippen molar-refractivity contribution in [2.24, 2.45) is 0 Å². The molecular weight excluding hydrogens is 200 g/mol. The monoisotopic (exact) mass is 226 g/mol. The van der Waals surface area contributed by atoms with Gasteiger partial charge in [-0.25, -0.2) is 0 Å². The predicted molar refractivity (Wildman–Crippen MR) is 68.4 cm³/mol. The highest BCUT2D eigenvalue weighted by Gasteiger charge is 1.99. The molecule has 2 nitrogen and oxygen atoms in total. The van der Waals surface area contributed by atoms with Crippen LogP contribution in [-0.4, -0.2) is 12.6 Å². The van der Waals surface area contributed by atoms with E-state index in [1.54, 1.807) is 0 Å². The van der Waals surface area contributed by atoms with Crippen molar-refractivity contribution in [1.82, 2.24) is 0 Å². The maximum atomic E-state index is 11.0. The molecule has 0 radical (unpaired) electrons. The van der Waals surface area contributed by atoms with E-state index in [9.17, 15) is 4.79 Å². The van der Waals surface area contributed by atoms with Crippen molar-refractivity contribution in [1.29, 1.82) is 0 Å². The Morgan fingerprint density at radius 3 is 2.19 bits per heavy atom. The van der Waals surface area contributed by atoms with E-state index in [1.807, 2.05) is 6.92 Å². The number of carbonyl (C=O) groups is 1. The Morgan fingerprint density at radius 2 is 1.62 bits per heavy atom. The number of esters is 1. The molecule has 0 aliphatic rings. The van der Waals surface area contributed by atoms with Crippen LogP contribution >= 0.6 is 0 Å². The molecule has 0 rings (SSSR count). The first kappa shape index (κ1) is 15.2. The van der Waals surface area contributed by atoms with Gasteiger partial charge in [-0.15, -0.1) is 0 Å². The third-order valence-electron chi connectivity index (χ3n) is 2.45. The third kappa shape index (κ3) is 11.3. The Balaban J connectivity index is 3.17. The normalized spacial score (nSPS) is 10.9. The zero-order valence-electron chi connectivity index (χ0n) is 10.8.